The Morgan fingerprint density at radius 1 is 1.00 bits per heavy atom. The van der Waals surface area contributed by atoms with Crippen LogP contribution in [-0.4, -0.2) is 49.7 Å². The van der Waals surface area contributed by atoms with Gasteiger partial charge in [-0.1, -0.05) is 11.6 Å². The summed E-state index contributed by atoms with van der Waals surface area (Å²) in [5.74, 6) is -4.85. The van der Waals surface area contributed by atoms with Crippen molar-refractivity contribution in [1.29, 1.82) is 0 Å². The van der Waals surface area contributed by atoms with E-state index >= 15 is 4.39 Å². The minimum absolute atomic E-state index is 0.0325. The first-order valence-corrected chi connectivity index (χ1v) is 17.7. The van der Waals surface area contributed by atoms with Crippen molar-refractivity contribution in [3.8, 4) is 5.69 Å². The molecule has 0 aliphatic heterocycles. The lowest BCUT2D eigenvalue weighted by Gasteiger charge is -2.24. The smallest absolute Gasteiger partial charge is 0.269 e. The van der Waals surface area contributed by atoms with Crippen molar-refractivity contribution >= 4 is 55.2 Å². The number of carbonyl (C=O) groups is 1. The molecule has 1 aliphatic rings. The minimum atomic E-state index is -3.87. The number of aromatic nitrogens is 6. The van der Waals surface area contributed by atoms with Crippen LogP contribution in [0.25, 0.3) is 27.5 Å². The molecule has 1 amide bonds. The lowest BCUT2D eigenvalue weighted by atomic mass is 10.0. The van der Waals surface area contributed by atoms with Gasteiger partial charge in [0.2, 0.25) is 15.9 Å². The summed E-state index contributed by atoms with van der Waals surface area (Å²) >= 11 is 6.52. The minimum Gasteiger partial charge on any atom is -0.344 e. The number of fused-ring (bicyclic) bond motifs is 2. The van der Waals surface area contributed by atoms with Crippen molar-refractivity contribution in [3.63, 3.8) is 0 Å². The standard InChI is InChI=1S/C33H27ClF4N8O4S/c1-44-30-26(6-5-21(34)28(30)31(42-44)43-51(2,49)50)46-32(40-24-14-20(37)13-22(38)29(24)33(46)48)25(11-16-9-18(35)12-19(36)10-16)39-27(47)15-45-8-7-23(41-45)17-3-4-17/h5-10,12-14,17,25H,3-4,11,15H2,1-2H3,(H,39,47)(H,42,43). The van der Waals surface area contributed by atoms with Gasteiger partial charge in [0.15, 0.2) is 5.82 Å². The van der Waals surface area contributed by atoms with E-state index in [0.29, 0.717) is 18.1 Å². The number of nitrogens with zero attached hydrogens (tertiary/aromatic N) is 6. The van der Waals surface area contributed by atoms with Crippen LogP contribution in [0.2, 0.25) is 5.02 Å². The molecule has 1 unspecified atom stereocenters. The Kier molecular flexibility index (Phi) is 8.57. The van der Waals surface area contributed by atoms with Gasteiger partial charge in [0.05, 0.1) is 45.1 Å². The van der Waals surface area contributed by atoms with Crippen LogP contribution in [0.1, 0.15) is 41.9 Å². The molecule has 51 heavy (non-hydrogen) atoms. The van der Waals surface area contributed by atoms with Crippen molar-refractivity contribution in [2.24, 2.45) is 7.05 Å². The average molecular weight is 743 g/mol. The molecule has 0 radical (unpaired) electrons. The molecule has 0 saturated heterocycles. The van der Waals surface area contributed by atoms with Gasteiger partial charge in [0.25, 0.3) is 5.56 Å². The molecule has 12 nitrogen and oxygen atoms in total. The molecule has 1 atom stereocenters. The van der Waals surface area contributed by atoms with E-state index in [9.17, 15) is 31.2 Å². The Bertz CT molecular complexity index is 2550. The maximum absolute atomic E-state index is 15.4. The third-order valence-corrected chi connectivity index (χ3v) is 9.21. The number of halogens is 5. The zero-order valence-corrected chi connectivity index (χ0v) is 28.4. The second-order valence-electron chi connectivity index (χ2n) is 12.3. The lowest BCUT2D eigenvalue weighted by Crippen LogP contribution is -2.37. The molecule has 6 aromatic rings. The molecule has 18 heteroatoms. The number of aryl methyl sites for hydroxylation is 1. The van der Waals surface area contributed by atoms with Crippen LogP contribution in [0.3, 0.4) is 0 Å². The van der Waals surface area contributed by atoms with Crippen LogP contribution < -0.4 is 15.6 Å². The van der Waals surface area contributed by atoms with Crippen LogP contribution >= 0.6 is 11.6 Å². The number of carbonyl (C=O) groups excluding carboxylic acids is 1. The molecule has 0 bridgehead atoms. The van der Waals surface area contributed by atoms with E-state index in [1.807, 2.05) is 0 Å². The van der Waals surface area contributed by atoms with Gasteiger partial charge in [0, 0.05) is 43.8 Å². The Morgan fingerprint density at radius 2 is 1.71 bits per heavy atom. The number of hydrogen-bond acceptors (Lipinski definition) is 7. The van der Waals surface area contributed by atoms with Gasteiger partial charge < -0.3 is 5.32 Å². The summed E-state index contributed by atoms with van der Waals surface area (Å²) in [6.45, 7) is -0.282. The fourth-order valence-electron chi connectivity index (χ4n) is 6.12. The first-order chi connectivity index (χ1) is 24.1. The molecule has 0 spiro atoms. The second kappa shape index (κ2) is 12.8. The third kappa shape index (κ3) is 6.90. The summed E-state index contributed by atoms with van der Waals surface area (Å²) in [5, 5.41) is 11.0. The normalized spacial score (nSPS) is 13.9. The van der Waals surface area contributed by atoms with Gasteiger partial charge in [0.1, 0.15) is 41.0 Å². The van der Waals surface area contributed by atoms with E-state index in [-0.39, 0.29) is 51.8 Å². The van der Waals surface area contributed by atoms with Crippen LogP contribution in [0.4, 0.5) is 23.4 Å². The molecule has 3 heterocycles. The van der Waals surface area contributed by atoms with E-state index in [2.05, 4.69) is 25.2 Å². The van der Waals surface area contributed by atoms with E-state index in [1.54, 1.807) is 12.3 Å². The van der Waals surface area contributed by atoms with Crippen molar-refractivity contribution in [1.82, 2.24) is 34.4 Å². The lowest BCUT2D eigenvalue weighted by molar-refractivity contribution is -0.122. The highest BCUT2D eigenvalue weighted by Gasteiger charge is 2.29. The van der Waals surface area contributed by atoms with Gasteiger partial charge in [-0.2, -0.15) is 10.2 Å². The molecule has 1 aliphatic carbocycles. The summed E-state index contributed by atoms with van der Waals surface area (Å²) in [5.41, 5.74) is -0.497. The van der Waals surface area contributed by atoms with Crippen LogP contribution in [0.15, 0.2) is 59.5 Å². The third-order valence-electron chi connectivity index (χ3n) is 8.33. The number of sulfonamides is 1. The Hall–Kier alpha value is -5.29. The van der Waals surface area contributed by atoms with Crippen molar-refractivity contribution in [2.75, 3.05) is 11.0 Å². The van der Waals surface area contributed by atoms with E-state index in [1.165, 1.54) is 28.5 Å². The summed E-state index contributed by atoms with van der Waals surface area (Å²) in [7, 11) is -2.42. The highest BCUT2D eigenvalue weighted by Crippen LogP contribution is 2.39. The molecule has 3 aromatic heterocycles. The van der Waals surface area contributed by atoms with Gasteiger partial charge >= 0.3 is 0 Å². The zero-order chi connectivity index (χ0) is 36.4. The van der Waals surface area contributed by atoms with Gasteiger partial charge in [-0.15, -0.1) is 0 Å². The predicted molar refractivity (Wildman–Crippen MR) is 180 cm³/mol. The molecule has 1 saturated carbocycles. The van der Waals surface area contributed by atoms with Gasteiger partial charge in [-0.25, -0.2) is 31.0 Å². The monoisotopic (exact) mass is 742 g/mol. The van der Waals surface area contributed by atoms with Gasteiger partial charge in [-0.3, -0.25) is 28.2 Å². The molecular formula is C33H27ClF4N8O4S. The highest BCUT2D eigenvalue weighted by atomic mass is 35.5. The fraction of sp³-hybridized carbons (Fsp3) is 0.242. The number of hydrogen-bond donors (Lipinski definition) is 2. The second-order valence-corrected chi connectivity index (χ2v) is 14.5. The van der Waals surface area contributed by atoms with E-state index < -0.39 is 61.7 Å². The molecule has 264 valence electrons. The van der Waals surface area contributed by atoms with Crippen molar-refractivity contribution < 1.29 is 30.8 Å². The highest BCUT2D eigenvalue weighted by molar-refractivity contribution is 7.92. The first-order valence-electron chi connectivity index (χ1n) is 15.5. The Labute approximate surface area is 291 Å². The number of amides is 1. The molecule has 3 aromatic carbocycles. The summed E-state index contributed by atoms with van der Waals surface area (Å²) < 4.78 is 89.0. The number of nitrogens with one attached hydrogen (secondary N) is 2. The topological polar surface area (TPSA) is 146 Å². The average Bonchev–Trinajstić information content (AvgIpc) is 3.68. The number of benzene rings is 3. The number of rotatable bonds is 10. The van der Waals surface area contributed by atoms with Crippen molar-refractivity contribution in [3.05, 3.63) is 110 Å². The Morgan fingerprint density at radius 3 is 2.39 bits per heavy atom. The molecular weight excluding hydrogens is 716 g/mol. The number of anilines is 1. The molecule has 1 fully saturated rings. The summed E-state index contributed by atoms with van der Waals surface area (Å²) in [6, 6.07) is 7.26. The van der Waals surface area contributed by atoms with Crippen LogP contribution in [-0.2, 0) is 34.8 Å². The van der Waals surface area contributed by atoms with Crippen LogP contribution in [0.5, 0.6) is 0 Å². The first kappa shape index (κ1) is 34.2. The quantitative estimate of drug-likeness (QED) is 0.187. The summed E-state index contributed by atoms with van der Waals surface area (Å²) in [6.07, 6.45) is 4.17. The molecule has 2 N–H and O–H groups in total. The van der Waals surface area contributed by atoms with Crippen molar-refractivity contribution in [2.45, 2.75) is 37.8 Å². The summed E-state index contributed by atoms with van der Waals surface area (Å²) in [4.78, 5) is 32.5. The maximum atomic E-state index is 15.4. The molecule has 7 rings (SSSR count). The van der Waals surface area contributed by atoms with Crippen LogP contribution in [0, 0.1) is 23.3 Å². The van der Waals surface area contributed by atoms with E-state index in [4.69, 9.17) is 11.6 Å². The van der Waals surface area contributed by atoms with E-state index in [0.717, 1.165) is 47.6 Å². The zero-order valence-electron chi connectivity index (χ0n) is 26.8. The maximum Gasteiger partial charge on any atom is 0.269 e. The fourth-order valence-corrected chi connectivity index (χ4v) is 6.86. The largest absolute Gasteiger partial charge is 0.344 e. The Balaban J connectivity index is 1.46. The predicted octanol–water partition coefficient (Wildman–Crippen LogP) is 5.03. The SMILES string of the molecule is Cn1nc(NS(C)(=O)=O)c2c(Cl)ccc(-n3c(C(Cc4cc(F)cc(F)c4)NC(=O)Cn4ccc(C5CC5)n4)nc4cc(F)cc(F)c4c3=O)c21. The van der Waals surface area contributed by atoms with Gasteiger partial charge in [-0.05, 0) is 48.7 Å².